The van der Waals surface area contributed by atoms with Gasteiger partial charge in [-0.3, -0.25) is 9.69 Å². The summed E-state index contributed by atoms with van der Waals surface area (Å²) in [5.74, 6) is -0.851. The number of halogens is 1. The Morgan fingerprint density at radius 2 is 2.39 bits per heavy atom. The molecule has 1 unspecified atom stereocenters. The van der Waals surface area contributed by atoms with Crippen molar-refractivity contribution >= 4 is 44.9 Å². The number of hydrogen-bond donors (Lipinski definition) is 2. The first-order valence-corrected chi connectivity index (χ1v) is 9.81. The number of anilines is 1. The molecule has 6 nitrogen and oxygen atoms in total. The van der Waals surface area contributed by atoms with E-state index >= 15 is 0 Å². The number of thiophene rings is 1. The number of benzene rings is 1. The van der Waals surface area contributed by atoms with Crippen molar-refractivity contribution in [3.8, 4) is 0 Å². The highest BCUT2D eigenvalue weighted by atomic mass is 35.5. The zero-order chi connectivity index (χ0) is 26.4. The van der Waals surface area contributed by atoms with Crippen LogP contribution in [-0.2, 0) is 6.52 Å². The second-order valence-electron chi connectivity index (χ2n) is 6.26. The molecule has 1 aliphatic rings. The Morgan fingerprint density at radius 1 is 1.54 bits per heavy atom. The Kier molecular flexibility index (Phi) is 3.52. The summed E-state index contributed by atoms with van der Waals surface area (Å²) in [5, 5.41) is 1.26. The van der Waals surface area contributed by atoms with Crippen molar-refractivity contribution < 1.29 is 15.8 Å². The molecule has 1 aliphatic heterocycles. The number of nitrogens with zero attached hydrogens (tertiary/aromatic N) is 3. The third kappa shape index (κ3) is 4.27. The number of fused-ring (bicyclic) bond motifs is 1. The Hall–Kier alpha value is -2.22. The highest BCUT2D eigenvalue weighted by molar-refractivity contribution is 7.22. The van der Waals surface area contributed by atoms with Crippen LogP contribution in [0.1, 0.15) is 37.0 Å². The van der Waals surface area contributed by atoms with E-state index in [2.05, 4.69) is 9.97 Å². The molecule has 2 N–H and O–H groups in total. The van der Waals surface area contributed by atoms with Gasteiger partial charge < -0.3 is 10.6 Å². The minimum absolute atomic E-state index is 0.00606. The van der Waals surface area contributed by atoms with E-state index in [9.17, 15) is 4.79 Å². The van der Waals surface area contributed by atoms with E-state index in [4.69, 9.17) is 22.6 Å². The third-order valence-electron chi connectivity index (χ3n) is 4.41. The van der Waals surface area contributed by atoms with Gasteiger partial charge in [-0.2, -0.15) is 0 Å². The number of nitrogens with one attached hydrogen (secondary N) is 2. The fraction of sp³-hybridized carbons (Fsp3) is 0.350. The summed E-state index contributed by atoms with van der Waals surface area (Å²) >= 11 is 7.20. The quantitative estimate of drug-likeness (QED) is 0.653. The lowest BCUT2D eigenvalue weighted by Gasteiger charge is -2.32. The molecule has 2 aromatic heterocycles. The maximum absolute atomic E-state index is 12.4. The van der Waals surface area contributed by atoms with Crippen LogP contribution in [0.3, 0.4) is 0 Å². The Morgan fingerprint density at radius 3 is 3.21 bits per heavy atom. The van der Waals surface area contributed by atoms with Gasteiger partial charge in [0.05, 0.1) is 12.5 Å². The van der Waals surface area contributed by atoms with Crippen LogP contribution >= 0.6 is 22.9 Å². The molecule has 1 fully saturated rings. The fourth-order valence-corrected chi connectivity index (χ4v) is 4.02. The summed E-state index contributed by atoms with van der Waals surface area (Å²) in [6.45, 7) is -3.19. The first-order chi connectivity index (χ1) is 16.8. The average Bonchev–Trinajstić information content (AvgIpc) is 3.15. The minimum atomic E-state index is -2.90. The van der Waals surface area contributed by atoms with E-state index in [1.165, 1.54) is 24.5 Å². The van der Waals surface area contributed by atoms with E-state index in [1.807, 2.05) is 0 Å². The van der Waals surface area contributed by atoms with Crippen LogP contribution in [0, 0.1) is 0 Å². The molecule has 8 heteroatoms. The molecule has 0 bridgehead atoms. The number of carbonyl (C=O) groups is 1. The van der Waals surface area contributed by atoms with E-state index in [0.29, 0.717) is 28.9 Å². The van der Waals surface area contributed by atoms with Crippen LogP contribution < -0.4 is 10.6 Å². The van der Waals surface area contributed by atoms with Crippen molar-refractivity contribution in [1.29, 1.82) is 0 Å². The topological polar surface area (TPSA) is 70.2 Å². The predicted octanol–water partition coefficient (Wildman–Crippen LogP) is 3.78. The van der Waals surface area contributed by atoms with Crippen molar-refractivity contribution in [2.75, 3.05) is 25.4 Å². The van der Waals surface area contributed by atoms with Crippen molar-refractivity contribution in [2.45, 2.75) is 25.4 Å². The molecular formula is C20H22ClN5OS. The van der Waals surface area contributed by atoms with E-state index in [0.717, 1.165) is 16.6 Å². The molecule has 4 rings (SSSR count). The number of carbonyl (C=O) groups excluding carboxylic acids is 1. The lowest BCUT2D eigenvalue weighted by Crippen LogP contribution is -2.38. The van der Waals surface area contributed by atoms with Gasteiger partial charge in [0.25, 0.3) is 5.91 Å². The van der Waals surface area contributed by atoms with Gasteiger partial charge in [0.15, 0.2) is 2.82 Å². The lowest BCUT2D eigenvalue weighted by atomic mass is 10.0. The number of aromatic nitrogens is 2. The van der Waals surface area contributed by atoms with Crippen LogP contribution in [-0.4, -0.2) is 46.9 Å². The largest absolute Gasteiger partial charge is 0.367 e. The average molecular weight is 424 g/mol. The van der Waals surface area contributed by atoms with Gasteiger partial charge in [0.2, 0.25) is 0 Å². The number of likely N-dealkylation sites (tertiary alicyclic amines) is 1. The summed E-state index contributed by atoms with van der Waals surface area (Å²) < 4.78 is 64.0. The SMILES string of the molecule is [2H]c1c(Cl)sc2ncnc(N([2H])C3([2H])CCN(C([2H])c4cccc(C(=O)N([2H])C([2H])([2H])[2H])c4)CC3)c12. The number of piperidine rings is 1. The Bertz CT molecular complexity index is 1280. The molecule has 0 radical (unpaired) electrons. The van der Waals surface area contributed by atoms with Crippen LogP contribution in [0.4, 0.5) is 5.82 Å². The first kappa shape index (κ1) is 11.7. The van der Waals surface area contributed by atoms with Crippen molar-refractivity contribution in [3.63, 3.8) is 0 Å². The van der Waals surface area contributed by atoms with Gasteiger partial charge in [-0.05, 0) is 36.6 Å². The number of rotatable bonds is 5. The Balaban J connectivity index is 1.49. The second-order valence-corrected chi connectivity index (χ2v) is 7.86. The Labute approximate surface area is 184 Å². The standard InChI is InChI=1S/C20H22ClN5OS/c1-22-19(27)14-4-2-3-13(9-14)11-26-7-5-15(6-8-26)25-18-16-10-17(21)28-20(16)24-12-23-18/h2-4,9-10,12,15H,5-8,11H2,1H3,(H,22,27)(H,23,24,25)/i1D3,10D,11D,15D/hD2. The summed E-state index contributed by atoms with van der Waals surface area (Å²) in [6.07, 6.45) is 1.70. The van der Waals surface area contributed by atoms with E-state index < -0.39 is 25.4 Å². The monoisotopic (exact) mass is 423 g/mol. The summed E-state index contributed by atoms with van der Waals surface area (Å²) in [4.78, 5) is 22.9. The highest BCUT2D eigenvalue weighted by Gasteiger charge is 2.21. The summed E-state index contributed by atoms with van der Waals surface area (Å²) in [5.41, 5.74) is 0.442. The van der Waals surface area contributed by atoms with Crippen LogP contribution in [0.15, 0.2) is 36.6 Å². The molecule has 28 heavy (non-hydrogen) atoms. The van der Waals surface area contributed by atoms with Crippen LogP contribution in [0.2, 0.25) is 7.16 Å². The molecule has 3 heterocycles. The molecule has 3 aromatic rings. The third-order valence-corrected chi connectivity index (χ3v) is 5.52. The van der Waals surface area contributed by atoms with Gasteiger partial charge in [-0.1, -0.05) is 23.7 Å². The zero-order valence-electron chi connectivity index (χ0n) is 22.7. The molecule has 0 saturated carbocycles. The molecular weight excluding hydrogens is 394 g/mol. The second kappa shape index (κ2) is 8.43. The number of hydrogen-bond acceptors (Lipinski definition) is 6. The van der Waals surface area contributed by atoms with Crippen molar-refractivity contribution in [2.24, 2.45) is 0 Å². The van der Waals surface area contributed by atoms with Crippen molar-refractivity contribution in [1.82, 2.24) is 20.2 Å². The molecule has 1 amide bonds. The van der Waals surface area contributed by atoms with Crippen LogP contribution in [0.25, 0.3) is 10.2 Å². The van der Waals surface area contributed by atoms with Crippen LogP contribution in [0.5, 0.6) is 0 Å². The predicted molar refractivity (Wildman–Crippen MR) is 114 cm³/mol. The van der Waals surface area contributed by atoms with Crippen molar-refractivity contribution in [3.05, 3.63) is 52.1 Å². The molecule has 1 saturated heterocycles. The zero-order valence-corrected chi connectivity index (χ0v) is 16.3. The fourth-order valence-electron chi connectivity index (χ4n) is 3.04. The van der Waals surface area contributed by atoms with Gasteiger partial charge >= 0.3 is 0 Å². The van der Waals surface area contributed by atoms with Gasteiger partial charge in [0, 0.05) is 43.7 Å². The molecule has 0 spiro atoms. The minimum Gasteiger partial charge on any atom is -0.367 e. The van der Waals surface area contributed by atoms with Gasteiger partial charge in [-0.15, -0.1) is 11.3 Å². The first-order valence-electron chi connectivity index (χ1n) is 12.6. The normalized spacial score (nSPS) is 22.5. The van der Waals surface area contributed by atoms with E-state index in [-0.39, 0.29) is 39.9 Å². The summed E-state index contributed by atoms with van der Waals surface area (Å²) in [7, 11) is 0. The molecule has 146 valence electrons. The highest BCUT2D eigenvalue weighted by Crippen LogP contribution is 2.32. The smallest absolute Gasteiger partial charge is 0.251 e. The van der Waals surface area contributed by atoms with Gasteiger partial charge in [0.1, 0.15) is 17.0 Å². The summed E-state index contributed by atoms with van der Waals surface area (Å²) in [6, 6.07) is 4.64. The molecule has 0 aliphatic carbocycles. The lowest BCUT2D eigenvalue weighted by molar-refractivity contribution is 0.0963. The van der Waals surface area contributed by atoms with E-state index in [1.54, 1.807) is 11.0 Å². The molecule has 1 atom stereocenters. The molecule has 1 aromatic carbocycles. The number of amides is 1. The van der Waals surface area contributed by atoms with Gasteiger partial charge in [-0.25, -0.2) is 9.97 Å². The maximum atomic E-state index is 12.4. The maximum Gasteiger partial charge on any atom is 0.251 e.